The molecule has 0 bridgehead atoms. The molecule has 0 spiro atoms. The summed E-state index contributed by atoms with van der Waals surface area (Å²) in [4.78, 5) is 0. The second-order valence-electron chi connectivity index (χ2n) is 6.98. The molecule has 0 N–H and O–H groups in total. The molecule has 0 aromatic carbocycles. The van der Waals surface area contributed by atoms with Crippen molar-refractivity contribution in [3.63, 3.8) is 0 Å². The molecule has 0 heterocycles. The molecule has 0 aromatic rings. The summed E-state index contributed by atoms with van der Waals surface area (Å²) in [6.07, 6.45) is 0. The predicted molar refractivity (Wildman–Crippen MR) is 74.0 cm³/mol. The van der Waals surface area contributed by atoms with Gasteiger partial charge in [0.15, 0.2) is 0 Å². The SMILES string of the molecule is CC(C)(C)[O][Al]([O]C(C)(C)C)[O]C(C)(C)C.[K]. The molecule has 97 valence electrons. The van der Waals surface area contributed by atoms with E-state index in [9.17, 15) is 0 Å². The second-order valence-corrected chi connectivity index (χ2v) is 8.26. The molecule has 0 rings (SSSR count). The van der Waals surface area contributed by atoms with Gasteiger partial charge < -0.3 is 11.4 Å². The molecule has 0 aromatic heterocycles. The first-order valence-electron chi connectivity index (χ1n) is 5.82. The fourth-order valence-electron chi connectivity index (χ4n) is 0.938. The van der Waals surface area contributed by atoms with Crippen LogP contribution in [0.1, 0.15) is 62.3 Å². The van der Waals surface area contributed by atoms with Crippen LogP contribution in [-0.4, -0.2) is 83.3 Å². The zero-order valence-corrected chi connectivity index (χ0v) is 17.6. The summed E-state index contributed by atoms with van der Waals surface area (Å²) in [6, 6.07) is 0. The molecule has 3 nitrogen and oxygen atoms in total. The molecule has 0 aliphatic carbocycles. The van der Waals surface area contributed by atoms with E-state index >= 15 is 0 Å². The van der Waals surface area contributed by atoms with Crippen LogP contribution in [0.5, 0.6) is 0 Å². The maximum atomic E-state index is 5.88. The molecule has 17 heavy (non-hydrogen) atoms. The Morgan fingerprint density at radius 1 is 0.529 bits per heavy atom. The van der Waals surface area contributed by atoms with Gasteiger partial charge in [-0.2, -0.15) is 0 Å². The Bertz CT molecular complexity index is 175. The third kappa shape index (κ3) is 16.0. The van der Waals surface area contributed by atoms with E-state index in [4.69, 9.17) is 11.4 Å². The number of rotatable bonds is 3. The molecule has 5 heteroatoms. The largest absolute Gasteiger partial charge is 0.906 e. The molecule has 0 aliphatic heterocycles. The first kappa shape index (κ1) is 21.3. The summed E-state index contributed by atoms with van der Waals surface area (Å²) in [7, 11) is 0. The van der Waals surface area contributed by atoms with E-state index in [1.807, 2.05) is 62.3 Å². The van der Waals surface area contributed by atoms with Crippen molar-refractivity contribution < 1.29 is 11.4 Å². The van der Waals surface area contributed by atoms with Gasteiger partial charge in [0.25, 0.3) is 0 Å². The smallest absolute Gasteiger partial charge is 0.450 e. The maximum absolute atomic E-state index is 5.88. The molecule has 0 saturated heterocycles. The van der Waals surface area contributed by atoms with Crippen LogP contribution >= 0.6 is 0 Å². The summed E-state index contributed by atoms with van der Waals surface area (Å²) in [5, 5.41) is 0. The predicted octanol–water partition coefficient (Wildman–Crippen LogP) is 3.04. The van der Waals surface area contributed by atoms with E-state index in [1.54, 1.807) is 0 Å². The molecule has 0 unspecified atom stereocenters. The van der Waals surface area contributed by atoms with Crippen LogP contribution in [0.15, 0.2) is 0 Å². The molecule has 0 atom stereocenters. The Morgan fingerprint density at radius 2 is 0.706 bits per heavy atom. The zero-order valence-electron chi connectivity index (χ0n) is 13.3. The third-order valence-electron chi connectivity index (χ3n) is 1.35. The molecule has 0 amide bonds. The van der Waals surface area contributed by atoms with Crippen LogP contribution in [0.4, 0.5) is 0 Å². The van der Waals surface area contributed by atoms with Gasteiger partial charge in [0, 0.05) is 68.2 Å². The van der Waals surface area contributed by atoms with Gasteiger partial charge in [-0.15, -0.1) is 0 Å². The van der Waals surface area contributed by atoms with Crippen molar-refractivity contribution in [2.75, 3.05) is 0 Å². The van der Waals surface area contributed by atoms with E-state index in [0.717, 1.165) is 0 Å². The van der Waals surface area contributed by atoms with Gasteiger partial charge >= 0.3 is 15.1 Å². The van der Waals surface area contributed by atoms with E-state index in [1.165, 1.54) is 0 Å². The van der Waals surface area contributed by atoms with Crippen LogP contribution in [-0.2, 0) is 11.4 Å². The fourth-order valence-corrected chi connectivity index (χ4v) is 2.81. The monoisotopic (exact) mass is 285 g/mol. The van der Waals surface area contributed by atoms with E-state index < -0.39 is 15.1 Å². The summed E-state index contributed by atoms with van der Waals surface area (Å²) < 4.78 is 17.7. The zero-order chi connectivity index (χ0) is 13.2. The van der Waals surface area contributed by atoms with Crippen LogP contribution in [0.3, 0.4) is 0 Å². The van der Waals surface area contributed by atoms with Gasteiger partial charge in [-0.1, -0.05) is 0 Å². The summed E-state index contributed by atoms with van der Waals surface area (Å²) in [5.74, 6) is 0. The Kier molecular flexibility index (Phi) is 9.71. The first-order valence-corrected chi connectivity index (χ1v) is 7.23. The van der Waals surface area contributed by atoms with E-state index in [-0.39, 0.29) is 68.2 Å². The minimum absolute atomic E-state index is 0. The van der Waals surface area contributed by atoms with Crippen LogP contribution < -0.4 is 0 Å². The fraction of sp³-hybridized carbons (Fsp3) is 1.00. The van der Waals surface area contributed by atoms with Crippen molar-refractivity contribution in [3.05, 3.63) is 0 Å². The average Bonchev–Trinajstić information content (AvgIpc) is 1.70. The average molecular weight is 285 g/mol. The quantitative estimate of drug-likeness (QED) is 0.746. The first-order chi connectivity index (χ1) is 6.79. The number of hydrogen-bond donors (Lipinski definition) is 0. The molecule has 0 fully saturated rings. The molecular formula is C12H27AlKO3. The molecule has 1 radical (unpaired) electrons. The van der Waals surface area contributed by atoms with Crippen molar-refractivity contribution in [2.45, 2.75) is 79.1 Å². The standard InChI is InChI=1S/3C4H9O.Al.K/c3*1-4(2,3)5;;/h3*1-3H3;;/q3*-1;+3;. The normalized spacial score (nSPS) is 13.2. The third-order valence-corrected chi connectivity index (χ3v) is 4.05. The van der Waals surface area contributed by atoms with E-state index in [2.05, 4.69) is 0 Å². The van der Waals surface area contributed by atoms with Crippen LogP contribution in [0.2, 0.25) is 0 Å². The van der Waals surface area contributed by atoms with Gasteiger partial charge in [-0.25, -0.2) is 0 Å². The van der Waals surface area contributed by atoms with Crippen LogP contribution in [0.25, 0.3) is 0 Å². The van der Waals surface area contributed by atoms with Crippen molar-refractivity contribution in [3.8, 4) is 0 Å². The summed E-state index contributed by atoms with van der Waals surface area (Å²) in [5.41, 5.74) is -0.686. The Balaban J connectivity index is 0. The van der Waals surface area contributed by atoms with Crippen molar-refractivity contribution >= 4 is 66.5 Å². The molecule has 0 saturated carbocycles. The van der Waals surface area contributed by atoms with Gasteiger partial charge in [-0.05, 0) is 62.3 Å². The Labute approximate surface area is 155 Å². The minimum Gasteiger partial charge on any atom is -0.450 e. The summed E-state index contributed by atoms with van der Waals surface area (Å²) >= 11 is -2.11. The second kappa shape index (κ2) is 7.73. The molecule has 0 aliphatic rings. The van der Waals surface area contributed by atoms with Crippen molar-refractivity contribution in [1.82, 2.24) is 0 Å². The van der Waals surface area contributed by atoms with Crippen LogP contribution in [0, 0.1) is 0 Å². The minimum atomic E-state index is -2.11. The van der Waals surface area contributed by atoms with Crippen molar-refractivity contribution in [2.24, 2.45) is 0 Å². The Hall–Kier alpha value is 2.05. The molecular weight excluding hydrogens is 258 g/mol. The van der Waals surface area contributed by atoms with E-state index in [0.29, 0.717) is 0 Å². The van der Waals surface area contributed by atoms with Crippen molar-refractivity contribution in [1.29, 1.82) is 0 Å². The van der Waals surface area contributed by atoms with Gasteiger partial charge in [0.05, 0.1) is 0 Å². The summed E-state index contributed by atoms with van der Waals surface area (Å²) in [6.45, 7) is 18.2. The number of hydrogen-bond acceptors (Lipinski definition) is 3. The van der Waals surface area contributed by atoms with Gasteiger partial charge in [-0.3, -0.25) is 0 Å². The maximum Gasteiger partial charge on any atom is 0.906 e. The van der Waals surface area contributed by atoms with Gasteiger partial charge in [0.1, 0.15) is 0 Å². The Morgan fingerprint density at radius 3 is 0.824 bits per heavy atom. The van der Waals surface area contributed by atoms with Gasteiger partial charge in [0.2, 0.25) is 0 Å². The topological polar surface area (TPSA) is 27.7 Å².